The molecule has 1 fully saturated rings. The molecule has 1 unspecified atom stereocenters. The third kappa shape index (κ3) is 3.38. The maximum Gasteiger partial charge on any atom is 0.263 e. The Bertz CT molecular complexity index is 842. The first-order valence-electron chi connectivity index (χ1n) is 9.08. The van der Waals surface area contributed by atoms with E-state index in [1.807, 2.05) is 11.0 Å². The summed E-state index contributed by atoms with van der Waals surface area (Å²) < 4.78 is 13.7. The number of amides is 2. The Kier molecular flexibility index (Phi) is 4.76. The van der Waals surface area contributed by atoms with E-state index in [-0.39, 0.29) is 23.4 Å². The number of carbonyl (C=O) groups excluding carboxylic acids is 2. The maximum atomic E-state index is 13.7. The van der Waals surface area contributed by atoms with Crippen LogP contribution in [0, 0.1) is 11.7 Å². The van der Waals surface area contributed by atoms with Crippen LogP contribution in [0.15, 0.2) is 30.3 Å². The molecule has 1 aliphatic heterocycles. The molecule has 6 heteroatoms. The summed E-state index contributed by atoms with van der Waals surface area (Å²) in [5.41, 5.74) is 1.32. The van der Waals surface area contributed by atoms with Crippen molar-refractivity contribution < 1.29 is 14.0 Å². The lowest BCUT2D eigenvalue weighted by molar-refractivity contribution is -0.120. The van der Waals surface area contributed by atoms with E-state index in [1.54, 1.807) is 29.5 Å². The lowest BCUT2D eigenvalue weighted by atomic mass is 9.87. The van der Waals surface area contributed by atoms with E-state index < -0.39 is 5.82 Å². The van der Waals surface area contributed by atoms with Gasteiger partial charge in [-0.25, -0.2) is 4.39 Å². The maximum absolute atomic E-state index is 13.7. The first-order chi connectivity index (χ1) is 12.6. The van der Waals surface area contributed by atoms with Gasteiger partial charge in [-0.1, -0.05) is 12.1 Å². The van der Waals surface area contributed by atoms with Crippen LogP contribution >= 0.6 is 11.3 Å². The third-order valence-corrected chi connectivity index (χ3v) is 6.41. The number of nitrogens with one attached hydrogen (secondary N) is 1. The van der Waals surface area contributed by atoms with Crippen molar-refractivity contribution in [3.05, 3.63) is 51.5 Å². The third-order valence-electron chi connectivity index (χ3n) is 5.19. The summed E-state index contributed by atoms with van der Waals surface area (Å²) in [4.78, 5) is 29.0. The molecule has 0 bridgehead atoms. The van der Waals surface area contributed by atoms with Crippen molar-refractivity contribution >= 4 is 28.8 Å². The van der Waals surface area contributed by atoms with E-state index in [4.69, 9.17) is 0 Å². The predicted molar refractivity (Wildman–Crippen MR) is 100 cm³/mol. The normalized spacial score (nSPS) is 19.3. The van der Waals surface area contributed by atoms with Crippen LogP contribution in [0.4, 0.5) is 10.1 Å². The molecule has 26 heavy (non-hydrogen) atoms. The number of halogens is 1. The van der Waals surface area contributed by atoms with Crippen molar-refractivity contribution in [3.8, 4) is 0 Å². The average molecular weight is 372 g/mol. The Hall–Kier alpha value is -2.21. The van der Waals surface area contributed by atoms with Crippen molar-refractivity contribution in [1.29, 1.82) is 0 Å². The summed E-state index contributed by atoms with van der Waals surface area (Å²) in [7, 11) is 0. The number of fused-ring (bicyclic) bond motifs is 1. The Morgan fingerprint density at radius 3 is 2.73 bits per heavy atom. The fourth-order valence-electron chi connectivity index (χ4n) is 3.73. The van der Waals surface area contributed by atoms with Crippen LogP contribution in [0.5, 0.6) is 0 Å². The highest BCUT2D eigenvalue weighted by Crippen LogP contribution is 2.34. The molecule has 1 aromatic heterocycles. The Morgan fingerprint density at radius 2 is 1.96 bits per heavy atom. The van der Waals surface area contributed by atoms with Gasteiger partial charge in [-0.3, -0.25) is 9.59 Å². The SMILES string of the molecule is O=C(Nc1ccccc1F)C1CCc2sc(C(=O)N3CCCC3)cc2C1. The monoisotopic (exact) mass is 372 g/mol. The number of thiophene rings is 1. The summed E-state index contributed by atoms with van der Waals surface area (Å²) in [5.74, 6) is -0.647. The van der Waals surface area contributed by atoms with Crippen LogP contribution in [-0.4, -0.2) is 29.8 Å². The standard InChI is InChI=1S/C20H21FN2O2S/c21-15-5-1-2-6-16(15)22-19(24)13-7-8-17-14(11-13)12-18(26-17)20(25)23-9-3-4-10-23/h1-2,5-6,12-13H,3-4,7-11H2,(H,22,24). The number of likely N-dealkylation sites (tertiary alicyclic amines) is 1. The van der Waals surface area contributed by atoms with Gasteiger partial charge in [0.05, 0.1) is 10.6 Å². The van der Waals surface area contributed by atoms with E-state index in [0.29, 0.717) is 6.42 Å². The van der Waals surface area contributed by atoms with Gasteiger partial charge in [0.25, 0.3) is 5.91 Å². The second-order valence-corrected chi connectivity index (χ2v) is 8.10. The van der Waals surface area contributed by atoms with Crippen LogP contribution in [0.25, 0.3) is 0 Å². The van der Waals surface area contributed by atoms with Crippen molar-refractivity contribution in [2.24, 2.45) is 5.92 Å². The highest BCUT2D eigenvalue weighted by atomic mass is 32.1. The molecule has 4 nitrogen and oxygen atoms in total. The molecular weight excluding hydrogens is 351 g/mol. The number of aryl methyl sites for hydroxylation is 1. The molecule has 2 aromatic rings. The highest BCUT2D eigenvalue weighted by molar-refractivity contribution is 7.14. The van der Waals surface area contributed by atoms with Gasteiger partial charge in [-0.05, 0) is 55.9 Å². The van der Waals surface area contributed by atoms with E-state index in [1.165, 1.54) is 10.9 Å². The molecular formula is C20H21FN2O2S. The lowest BCUT2D eigenvalue weighted by Gasteiger charge is -2.21. The number of rotatable bonds is 3. The number of para-hydroxylation sites is 1. The average Bonchev–Trinajstić information content (AvgIpc) is 3.32. The van der Waals surface area contributed by atoms with Gasteiger partial charge in [0.1, 0.15) is 5.82 Å². The molecule has 1 aromatic carbocycles. The van der Waals surface area contributed by atoms with Gasteiger partial charge >= 0.3 is 0 Å². The van der Waals surface area contributed by atoms with E-state index in [0.717, 1.165) is 49.2 Å². The molecule has 2 heterocycles. The highest BCUT2D eigenvalue weighted by Gasteiger charge is 2.29. The van der Waals surface area contributed by atoms with Crippen molar-refractivity contribution in [2.45, 2.75) is 32.1 Å². The van der Waals surface area contributed by atoms with Crippen LogP contribution in [0.1, 0.15) is 39.4 Å². The van der Waals surface area contributed by atoms with Gasteiger partial charge in [-0.15, -0.1) is 11.3 Å². The second kappa shape index (κ2) is 7.19. The zero-order chi connectivity index (χ0) is 18.1. The van der Waals surface area contributed by atoms with Gasteiger partial charge in [-0.2, -0.15) is 0 Å². The number of anilines is 1. The fraction of sp³-hybridized carbons (Fsp3) is 0.400. The summed E-state index contributed by atoms with van der Waals surface area (Å²) in [6.07, 6.45) is 4.29. The minimum Gasteiger partial charge on any atom is -0.338 e. The molecule has 1 N–H and O–H groups in total. The quantitative estimate of drug-likeness (QED) is 0.889. The zero-order valence-corrected chi connectivity index (χ0v) is 15.3. The molecule has 1 saturated heterocycles. The van der Waals surface area contributed by atoms with Crippen molar-refractivity contribution in [1.82, 2.24) is 4.90 Å². The van der Waals surface area contributed by atoms with Crippen LogP contribution in [0.2, 0.25) is 0 Å². The van der Waals surface area contributed by atoms with E-state index >= 15 is 0 Å². The number of hydrogen-bond donors (Lipinski definition) is 1. The summed E-state index contributed by atoms with van der Waals surface area (Å²) >= 11 is 1.57. The summed E-state index contributed by atoms with van der Waals surface area (Å²) in [6.45, 7) is 1.68. The van der Waals surface area contributed by atoms with Crippen molar-refractivity contribution in [3.63, 3.8) is 0 Å². The molecule has 0 radical (unpaired) electrons. The molecule has 4 rings (SSSR count). The lowest BCUT2D eigenvalue weighted by Crippen LogP contribution is -2.28. The Labute approximate surface area is 156 Å². The molecule has 1 atom stereocenters. The largest absolute Gasteiger partial charge is 0.338 e. The molecule has 0 spiro atoms. The van der Waals surface area contributed by atoms with Crippen LogP contribution in [0.3, 0.4) is 0 Å². The van der Waals surface area contributed by atoms with Gasteiger partial charge in [0.2, 0.25) is 5.91 Å². The predicted octanol–water partition coefficient (Wildman–Crippen LogP) is 3.87. The molecule has 0 saturated carbocycles. The fourth-order valence-corrected chi connectivity index (χ4v) is 4.90. The van der Waals surface area contributed by atoms with Gasteiger partial charge in [0.15, 0.2) is 0 Å². The molecule has 2 amide bonds. The first kappa shape index (κ1) is 17.2. The Morgan fingerprint density at radius 1 is 1.19 bits per heavy atom. The number of benzene rings is 1. The van der Waals surface area contributed by atoms with Crippen LogP contribution in [-0.2, 0) is 17.6 Å². The number of hydrogen-bond acceptors (Lipinski definition) is 3. The minimum absolute atomic E-state index is 0.120. The van der Waals surface area contributed by atoms with Gasteiger partial charge in [0, 0.05) is 23.9 Å². The minimum atomic E-state index is -0.425. The van der Waals surface area contributed by atoms with E-state index in [2.05, 4.69) is 5.32 Å². The van der Waals surface area contributed by atoms with Gasteiger partial charge < -0.3 is 10.2 Å². The number of nitrogens with zero attached hydrogens (tertiary/aromatic N) is 1. The van der Waals surface area contributed by atoms with Crippen molar-refractivity contribution in [2.75, 3.05) is 18.4 Å². The Balaban J connectivity index is 1.45. The van der Waals surface area contributed by atoms with E-state index in [9.17, 15) is 14.0 Å². The van der Waals surface area contributed by atoms with Crippen LogP contribution < -0.4 is 5.32 Å². The molecule has 2 aliphatic rings. The molecule has 136 valence electrons. The molecule has 1 aliphatic carbocycles. The zero-order valence-electron chi connectivity index (χ0n) is 14.5. The summed E-state index contributed by atoms with van der Waals surface area (Å²) in [6, 6.07) is 8.17. The topological polar surface area (TPSA) is 49.4 Å². The summed E-state index contributed by atoms with van der Waals surface area (Å²) in [5, 5.41) is 2.70. The number of carbonyl (C=O) groups is 2. The first-order valence-corrected chi connectivity index (χ1v) is 9.90. The second-order valence-electron chi connectivity index (χ2n) is 6.97. The smallest absolute Gasteiger partial charge is 0.263 e.